The predicted molar refractivity (Wildman–Crippen MR) is 166 cm³/mol. The van der Waals surface area contributed by atoms with Gasteiger partial charge in [-0.25, -0.2) is 0 Å². The predicted octanol–water partition coefficient (Wildman–Crippen LogP) is 5.42. The molecule has 250 valence electrons. The molecule has 0 aromatic heterocycles. The summed E-state index contributed by atoms with van der Waals surface area (Å²) in [6, 6.07) is 0. The largest absolute Gasteiger partial charge is 0.481 e. The molecule has 5 rings (SSSR count). The van der Waals surface area contributed by atoms with Crippen LogP contribution in [-0.2, 0) is 9.53 Å². The van der Waals surface area contributed by atoms with Crippen molar-refractivity contribution in [3.05, 3.63) is 16.6 Å². The number of hydrogen-bond acceptors (Lipinski definition) is 8. The highest BCUT2D eigenvalue weighted by Crippen LogP contribution is 2.71. The van der Waals surface area contributed by atoms with E-state index in [1.54, 1.807) is 20.8 Å². The first kappa shape index (κ1) is 34.0. The summed E-state index contributed by atoms with van der Waals surface area (Å²) in [5.74, 6) is -0.114. The minimum absolute atomic E-state index is 0.00688. The van der Waals surface area contributed by atoms with E-state index in [0.717, 1.165) is 57.8 Å². The molecule has 0 aromatic carbocycles. The monoisotopic (exact) mass is 619 g/mol. The summed E-state index contributed by atoms with van der Waals surface area (Å²) in [4.78, 5) is 24.4. The lowest BCUT2D eigenvalue weighted by atomic mass is 9.37. The Morgan fingerprint density at radius 3 is 2.20 bits per heavy atom. The first-order valence-electron chi connectivity index (χ1n) is 17.1. The van der Waals surface area contributed by atoms with Crippen LogP contribution in [-0.4, -0.2) is 67.2 Å². The van der Waals surface area contributed by atoms with Gasteiger partial charge in [-0.3, -0.25) is 4.79 Å². The summed E-state index contributed by atoms with van der Waals surface area (Å²) in [5, 5.41) is 57.5. The second kappa shape index (κ2) is 11.4. The van der Waals surface area contributed by atoms with Crippen LogP contribution in [0.15, 0.2) is 16.8 Å². The standard InChI is InChI=1S/C35H57NO8/c1-19-10-16-35(30(40)41)17-12-22-21(24(35)18-19)8-9-25-32(22,5)15-13-26-33(25,6)14-11-23(34(26,7)42)27(29(38)39)44-28(20(2)37)31(3,4)36-43/h8,19-20,22-29,37-39,42H,9-18H2,1-7H3,(H,40,41)/t19?,20?,22?,23?,24?,25?,26?,27?,28?,32?,33?,34-,35?/m1/s1. The molecule has 13 atom stereocenters. The molecule has 0 aromatic rings. The number of hydrogen-bond donors (Lipinski definition) is 5. The van der Waals surface area contributed by atoms with Crippen molar-refractivity contribution in [1.29, 1.82) is 0 Å². The lowest BCUT2D eigenvalue weighted by molar-refractivity contribution is -0.268. The third kappa shape index (κ3) is 5.02. The maximum atomic E-state index is 12.7. The highest BCUT2D eigenvalue weighted by Gasteiger charge is 2.67. The maximum absolute atomic E-state index is 12.7. The third-order valence-electron chi connectivity index (χ3n) is 14.1. The third-order valence-corrected chi connectivity index (χ3v) is 14.1. The van der Waals surface area contributed by atoms with Gasteiger partial charge < -0.3 is 30.3 Å². The van der Waals surface area contributed by atoms with Crippen LogP contribution in [0, 0.1) is 56.7 Å². The summed E-state index contributed by atoms with van der Waals surface area (Å²) in [7, 11) is 0. The number of nitroso groups, excluding NO2 is 1. The molecule has 0 bridgehead atoms. The molecule has 0 radical (unpaired) electrons. The van der Waals surface area contributed by atoms with Crippen LogP contribution in [0.3, 0.4) is 0 Å². The van der Waals surface area contributed by atoms with Crippen LogP contribution in [0.25, 0.3) is 0 Å². The number of carboxylic acids is 1. The Bertz CT molecular complexity index is 1150. The summed E-state index contributed by atoms with van der Waals surface area (Å²) in [6.07, 6.45) is 5.23. The fourth-order valence-corrected chi connectivity index (χ4v) is 11.8. The quantitative estimate of drug-likeness (QED) is 0.137. The lowest BCUT2D eigenvalue weighted by Gasteiger charge is -2.68. The molecule has 9 heteroatoms. The van der Waals surface area contributed by atoms with Crippen molar-refractivity contribution in [2.24, 2.45) is 56.9 Å². The van der Waals surface area contributed by atoms with Crippen LogP contribution in [0.1, 0.15) is 113 Å². The molecule has 5 aliphatic rings. The molecule has 0 amide bonds. The van der Waals surface area contributed by atoms with Gasteiger partial charge in [0.25, 0.3) is 0 Å². The van der Waals surface area contributed by atoms with Crippen molar-refractivity contribution in [2.75, 3.05) is 0 Å². The topological polar surface area (TPSA) is 157 Å². The summed E-state index contributed by atoms with van der Waals surface area (Å²) < 4.78 is 6.14. The highest BCUT2D eigenvalue weighted by atomic mass is 16.6. The number of aliphatic hydroxyl groups excluding tert-OH is 2. The van der Waals surface area contributed by atoms with Crippen LogP contribution in [0.5, 0.6) is 0 Å². The van der Waals surface area contributed by atoms with Gasteiger partial charge in [0, 0.05) is 5.92 Å². The number of aliphatic hydroxyl groups is 4. The van der Waals surface area contributed by atoms with Gasteiger partial charge in [-0.1, -0.05) is 37.6 Å². The molecule has 4 fully saturated rings. The first-order valence-corrected chi connectivity index (χ1v) is 17.1. The lowest BCUT2D eigenvalue weighted by Crippen LogP contribution is -2.66. The zero-order valence-electron chi connectivity index (χ0n) is 27.8. The smallest absolute Gasteiger partial charge is 0.310 e. The SMILES string of the molecule is CC1CCC2(C(=O)O)CCC3C(=CCC4C3(C)CCC3C4(C)CCC(C(OC(C(C)O)C(C)(C)N=O)C(O)O)[C@@]3(C)O)C2C1. The van der Waals surface area contributed by atoms with Crippen molar-refractivity contribution in [2.45, 2.75) is 148 Å². The summed E-state index contributed by atoms with van der Waals surface area (Å²) in [5.41, 5.74) is -2.08. The van der Waals surface area contributed by atoms with Crippen molar-refractivity contribution < 1.29 is 35.1 Å². The van der Waals surface area contributed by atoms with Gasteiger partial charge in [0.1, 0.15) is 17.7 Å². The van der Waals surface area contributed by atoms with E-state index < -0.39 is 53.0 Å². The van der Waals surface area contributed by atoms with Gasteiger partial charge in [-0.2, -0.15) is 4.91 Å². The van der Waals surface area contributed by atoms with E-state index in [4.69, 9.17) is 4.74 Å². The van der Waals surface area contributed by atoms with Gasteiger partial charge in [0.15, 0.2) is 6.29 Å². The maximum Gasteiger partial charge on any atom is 0.310 e. The number of nitrogens with zero attached hydrogens (tertiary/aromatic N) is 1. The minimum Gasteiger partial charge on any atom is -0.481 e. The zero-order chi connectivity index (χ0) is 32.6. The number of allylic oxidation sites excluding steroid dienone is 2. The van der Waals surface area contributed by atoms with E-state index in [-0.39, 0.29) is 22.7 Å². The first-order chi connectivity index (χ1) is 20.4. The highest BCUT2D eigenvalue weighted by molar-refractivity contribution is 5.76. The van der Waals surface area contributed by atoms with Gasteiger partial charge in [0.2, 0.25) is 0 Å². The normalized spacial score (nSPS) is 46.0. The molecule has 9 nitrogen and oxygen atoms in total. The molecule has 0 saturated heterocycles. The Labute approximate surface area is 262 Å². The summed E-state index contributed by atoms with van der Waals surface area (Å²) in [6.45, 7) is 13.4. The van der Waals surface area contributed by atoms with Crippen LogP contribution in [0.4, 0.5) is 0 Å². The summed E-state index contributed by atoms with van der Waals surface area (Å²) >= 11 is 0. The molecular formula is C35H57NO8. The molecule has 44 heavy (non-hydrogen) atoms. The van der Waals surface area contributed by atoms with Crippen molar-refractivity contribution in [3.63, 3.8) is 0 Å². The fourth-order valence-electron chi connectivity index (χ4n) is 11.8. The average molecular weight is 620 g/mol. The Morgan fingerprint density at radius 2 is 1.61 bits per heavy atom. The molecule has 5 N–H and O–H groups in total. The van der Waals surface area contributed by atoms with E-state index >= 15 is 0 Å². The van der Waals surface area contributed by atoms with Crippen LogP contribution >= 0.6 is 0 Å². The Balaban J connectivity index is 1.45. The van der Waals surface area contributed by atoms with Gasteiger partial charge in [0.05, 0.1) is 17.1 Å². The minimum atomic E-state index is -1.91. The molecule has 12 unspecified atom stereocenters. The molecule has 4 saturated carbocycles. The molecule has 5 aliphatic carbocycles. The number of rotatable bonds is 8. The van der Waals surface area contributed by atoms with Crippen molar-refractivity contribution in [1.82, 2.24) is 0 Å². The number of carbonyl (C=O) groups is 1. The molecule has 0 spiro atoms. The van der Waals surface area contributed by atoms with Crippen LogP contribution in [0.2, 0.25) is 0 Å². The Morgan fingerprint density at radius 1 is 0.977 bits per heavy atom. The number of fused-ring (bicyclic) bond motifs is 7. The van der Waals surface area contributed by atoms with E-state index in [2.05, 4.69) is 32.0 Å². The average Bonchev–Trinajstić information content (AvgIpc) is 2.93. The second-order valence-corrected chi connectivity index (χ2v) is 16.9. The molecular weight excluding hydrogens is 562 g/mol. The van der Waals surface area contributed by atoms with E-state index in [9.17, 15) is 35.2 Å². The Hall–Kier alpha value is -1.39. The van der Waals surface area contributed by atoms with Crippen molar-refractivity contribution >= 4 is 5.97 Å². The number of ether oxygens (including phenoxy) is 1. The van der Waals surface area contributed by atoms with Crippen molar-refractivity contribution in [3.8, 4) is 0 Å². The van der Waals surface area contributed by atoms with Crippen LogP contribution < -0.4 is 0 Å². The molecule has 0 heterocycles. The second-order valence-electron chi connectivity index (χ2n) is 16.9. The van der Waals surface area contributed by atoms with Gasteiger partial charge >= 0.3 is 5.97 Å². The Kier molecular flexibility index (Phi) is 8.79. The van der Waals surface area contributed by atoms with Gasteiger partial charge in [-0.05, 0) is 132 Å². The number of aliphatic carboxylic acids is 1. The fraction of sp³-hybridized carbons (Fsp3) is 0.914. The van der Waals surface area contributed by atoms with E-state index in [1.807, 2.05) is 0 Å². The van der Waals surface area contributed by atoms with E-state index in [0.29, 0.717) is 24.2 Å². The number of carboxylic acid groups (broad SMARTS) is 1. The van der Waals surface area contributed by atoms with Gasteiger partial charge in [-0.15, -0.1) is 0 Å². The zero-order valence-corrected chi connectivity index (χ0v) is 27.8. The molecule has 0 aliphatic heterocycles. The van der Waals surface area contributed by atoms with E-state index in [1.165, 1.54) is 12.5 Å².